The van der Waals surface area contributed by atoms with E-state index in [1.165, 1.54) is 17.4 Å². The third kappa shape index (κ3) is 3.05. The summed E-state index contributed by atoms with van der Waals surface area (Å²) in [6.07, 6.45) is 0.0406. The van der Waals surface area contributed by atoms with Gasteiger partial charge in [-0.1, -0.05) is 6.07 Å². The molecule has 0 saturated carbocycles. The standard InChI is InChI=1S/C12H6Br2F2OS/c13-11-5-7(12(14)18-11)10(17)4-6-1-2-8(15)9(16)3-6/h1-3,5H,4H2. The van der Waals surface area contributed by atoms with E-state index in [-0.39, 0.29) is 12.2 Å². The van der Waals surface area contributed by atoms with Crippen LogP contribution in [0.5, 0.6) is 0 Å². The summed E-state index contributed by atoms with van der Waals surface area (Å²) in [6.45, 7) is 0. The third-order valence-electron chi connectivity index (χ3n) is 2.31. The Kier molecular flexibility index (Phi) is 4.29. The highest BCUT2D eigenvalue weighted by Gasteiger charge is 2.15. The predicted molar refractivity (Wildman–Crippen MR) is 74.1 cm³/mol. The number of ketones is 1. The molecular weight excluding hydrogens is 390 g/mol. The van der Waals surface area contributed by atoms with Gasteiger partial charge in [0, 0.05) is 12.0 Å². The normalized spacial score (nSPS) is 10.7. The molecule has 1 nitrogen and oxygen atoms in total. The summed E-state index contributed by atoms with van der Waals surface area (Å²) in [6, 6.07) is 5.18. The maximum Gasteiger partial charge on any atom is 0.169 e. The first kappa shape index (κ1) is 13.8. The van der Waals surface area contributed by atoms with Crippen LogP contribution in [0.15, 0.2) is 31.8 Å². The molecule has 1 aromatic carbocycles. The Morgan fingerprint density at radius 3 is 2.44 bits per heavy atom. The van der Waals surface area contributed by atoms with Gasteiger partial charge in [0.05, 0.1) is 7.57 Å². The Bertz CT molecular complexity index is 610. The van der Waals surface area contributed by atoms with Gasteiger partial charge in [-0.15, -0.1) is 11.3 Å². The van der Waals surface area contributed by atoms with Crippen LogP contribution in [-0.4, -0.2) is 5.78 Å². The van der Waals surface area contributed by atoms with Crippen molar-refractivity contribution in [2.75, 3.05) is 0 Å². The first-order valence-corrected chi connectivity index (χ1v) is 7.29. The van der Waals surface area contributed by atoms with Crippen LogP contribution in [-0.2, 0) is 6.42 Å². The van der Waals surface area contributed by atoms with Crippen molar-refractivity contribution in [3.05, 3.63) is 54.6 Å². The first-order chi connectivity index (χ1) is 8.47. The van der Waals surface area contributed by atoms with Crippen LogP contribution in [0.3, 0.4) is 0 Å². The number of benzene rings is 1. The zero-order chi connectivity index (χ0) is 13.3. The maximum absolute atomic E-state index is 13.0. The predicted octanol–water partition coefficient (Wildman–Crippen LogP) is 4.98. The van der Waals surface area contributed by atoms with Crippen molar-refractivity contribution >= 4 is 49.0 Å². The second-order valence-electron chi connectivity index (χ2n) is 3.59. The molecule has 0 radical (unpaired) electrons. The van der Waals surface area contributed by atoms with Gasteiger partial charge in [-0.3, -0.25) is 4.79 Å². The van der Waals surface area contributed by atoms with Crippen LogP contribution in [0.4, 0.5) is 8.78 Å². The van der Waals surface area contributed by atoms with E-state index in [1.54, 1.807) is 6.07 Å². The Labute approximate surface area is 123 Å². The highest BCUT2D eigenvalue weighted by molar-refractivity contribution is 9.12. The average Bonchev–Trinajstić information content (AvgIpc) is 2.63. The summed E-state index contributed by atoms with van der Waals surface area (Å²) < 4.78 is 27.3. The van der Waals surface area contributed by atoms with Crippen LogP contribution in [0.2, 0.25) is 0 Å². The largest absolute Gasteiger partial charge is 0.294 e. The van der Waals surface area contributed by atoms with Crippen LogP contribution in [0, 0.1) is 11.6 Å². The van der Waals surface area contributed by atoms with Crippen molar-refractivity contribution in [3.63, 3.8) is 0 Å². The Hall–Kier alpha value is -0.590. The number of halogens is 4. The fourth-order valence-electron chi connectivity index (χ4n) is 1.46. The number of thiophene rings is 1. The summed E-state index contributed by atoms with van der Waals surface area (Å²) in [5.74, 6) is -1.99. The van der Waals surface area contributed by atoms with Crippen molar-refractivity contribution in [2.24, 2.45) is 0 Å². The monoisotopic (exact) mass is 394 g/mol. The van der Waals surface area contributed by atoms with Gasteiger partial charge in [0.25, 0.3) is 0 Å². The Morgan fingerprint density at radius 2 is 1.89 bits per heavy atom. The lowest BCUT2D eigenvalue weighted by Crippen LogP contribution is -2.03. The molecule has 0 aliphatic carbocycles. The molecule has 0 aliphatic rings. The van der Waals surface area contributed by atoms with Gasteiger partial charge in [-0.05, 0) is 55.6 Å². The zero-order valence-corrected chi connectivity index (χ0v) is 12.8. The number of rotatable bonds is 3. The maximum atomic E-state index is 13.0. The summed E-state index contributed by atoms with van der Waals surface area (Å²) in [4.78, 5) is 12.0. The summed E-state index contributed by atoms with van der Waals surface area (Å²) in [7, 11) is 0. The van der Waals surface area contributed by atoms with Gasteiger partial charge in [0.1, 0.15) is 0 Å². The van der Waals surface area contributed by atoms with Crippen LogP contribution >= 0.6 is 43.2 Å². The zero-order valence-electron chi connectivity index (χ0n) is 8.84. The third-order valence-corrected chi connectivity index (χ3v) is 4.65. The number of Topliss-reactive ketones (excluding diaryl/α,β-unsaturated/α-hetero) is 1. The molecule has 18 heavy (non-hydrogen) atoms. The van der Waals surface area contributed by atoms with E-state index < -0.39 is 11.6 Å². The summed E-state index contributed by atoms with van der Waals surface area (Å²) in [5, 5.41) is 0. The molecule has 0 aliphatic heterocycles. The molecule has 6 heteroatoms. The fourth-order valence-corrected chi connectivity index (χ4v) is 4.32. The number of carbonyl (C=O) groups excluding carboxylic acids is 1. The lowest BCUT2D eigenvalue weighted by atomic mass is 10.1. The fraction of sp³-hybridized carbons (Fsp3) is 0.0833. The number of hydrogen-bond donors (Lipinski definition) is 0. The van der Waals surface area contributed by atoms with E-state index in [4.69, 9.17) is 0 Å². The molecule has 0 N–H and O–H groups in total. The molecule has 0 atom stereocenters. The smallest absolute Gasteiger partial charge is 0.169 e. The summed E-state index contributed by atoms with van der Waals surface area (Å²) >= 11 is 7.97. The minimum atomic E-state index is -0.939. The molecule has 0 bridgehead atoms. The van der Waals surface area contributed by atoms with Crippen molar-refractivity contribution in [1.82, 2.24) is 0 Å². The van der Waals surface area contributed by atoms with E-state index in [0.29, 0.717) is 11.1 Å². The quantitative estimate of drug-likeness (QED) is 0.670. The van der Waals surface area contributed by atoms with Crippen LogP contribution < -0.4 is 0 Å². The summed E-state index contributed by atoms with van der Waals surface area (Å²) in [5.41, 5.74) is 0.990. The molecular formula is C12H6Br2F2OS. The molecule has 0 spiro atoms. The van der Waals surface area contributed by atoms with Gasteiger partial charge < -0.3 is 0 Å². The molecule has 1 heterocycles. The van der Waals surface area contributed by atoms with Gasteiger partial charge in [-0.25, -0.2) is 8.78 Å². The molecule has 0 unspecified atom stereocenters. The minimum Gasteiger partial charge on any atom is -0.294 e. The first-order valence-electron chi connectivity index (χ1n) is 4.89. The van der Waals surface area contributed by atoms with E-state index in [9.17, 15) is 13.6 Å². The molecule has 2 rings (SSSR count). The number of carbonyl (C=O) groups is 1. The Balaban J connectivity index is 2.21. The van der Waals surface area contributed by atoms with Gasteiger partial charge >= 0.3 is 0 Å². The van der Waals surface area contributed by atoms with Crippen molar-refractivity contribution < 1.29 is 13.6 Å². The molecule has 94 valence electrons. The molecule has 0 saturated heterocycles. The molecule has 0 fully saturated rings. The van der Waals surface area contributed by atoms with E-state index in [2.05, 4.69) is 31.9 Å². The molecule has 1 aromatic heterocycles. The van der Waals surface area contributed by atoms with Crippen molar-refractivity contribution in [2.45, 2.75) is 6.42 Å². The van der Waals surface area contributed by atoms with E-state index in [0.717, 1.165) is 19.7 Å². The Morgan fingerprint density at radius 1 is 1.17 bits per heavy atom. The van der Waals surface area contributed by atoms with E-state index >= 15 is 0 Å². The van der Waals surface area contributed by atoms with Crippen molar-refractivity contribution in [1.29, 1.82) is 0 Å². The van der Waals surface area contributed by atoms with E-state index in [1.807, 2.05) is 0 Å². The van der Waals surface area contributed by atoms with Gasteiger partial charge in [-0.2, -0.15) is 0 Å². The lowest BCUT2D eigenvalue weighted by molar-refractivity contribution is 0.0992. The SMILES string of the molecule is O=C(Cc1ccc(F)c(F)c1)c1cc(Br)sc1Br. The van der Waals surface area contributed by atoms with Gasteiger partial charge in [0.2, 0.25) is 0 Å². The number of hydrogen-bond acceptors (Lipinski definition) is 2. The lowest BCUT2D eigenvalue weighted by Gasteiger charge is -2.01. The average molecular weight is 396 g/mol. The topological polar surface area (TPSA) is 17.1 Å². The van der Waals surface area contributed by atoms with Crippen molar-refractivity contribution in [3.8, 4) is 0 Å². The van der Waals surface area contributed by atoms with Crippen LogP contribution in [0.25, 0.3) is 0 Å². The highest BCUT2D eigenvalue weighted by Crippen LogP contribution is 2.32. The molecule has 0 amide bonds. The minimum absolute atomic E-state index is 0.0406. The second kappa shape index (κ2) is 5.59. The highest BCUT2D eigenvalue weighted by atomic mass is 79.9. The molecule has 2 aromatic rings. The van der Waals surface area contributed by atoms with Crippen LogP contribution in [0.1, 0.15) is 15.9 Å². The van der Waals surface area contributed by atoms with Gasteiger partial charge in [0.15, 0.2) is 17.4 Å². The second-order valence-corrected chi connectivity index (χ2v) is 7.34.